The van der Waals surface area contributed by atoms with Crippen LogP contribution in [0.15, 0.2) is 12.2 Å². The van der Waals surface area contributed by atoms with Crippen molar-refractivity contribution in [1.29, 1.82) is 0 Å². The molecule has 0 bridgehead atoms. The molecule has 0 fully saturated rings. The summed E-state index contributed by atoms with van der Waals surface area (Å²) >= 11 is 0. The first-order valence-corrected chi connectivity index (χ1v) is 19.2. The fourth-order valence-electron chi connectivity index (χ4n) is 4.74. The van der Waals surface area contributed by atoms with Crippen molar-refractivity contribution in [3.63, 3.8) is 0 Å². The molecule has 0 radical (unpaired) electrons. The molecule has 0 aliphatic rings. The van der Waals surface area contributed by atoms with Crippen LogP contribution in [0.25, 0.3) is 0 Å². The lowest BCUT2D eigenvalue weighted by molar-refractivity contribution is -0.161. The van der Waals surface area contributed by atoms with Crippen molar-refractivity contribution >= 4 is 19.8 Å². The Morgan fingerprint density at radius 2 is 1.11 bits per heavy atom. The third kappa shape index (κ3) is 30.8. The number of nitrogens with two attached hydrogens (primary N) is 1. The highest BCUT2D eigenvalue weighted by Gasteiger charge is 2.25. The Hall–Kier alpha value is -1.25. The van der Waals surface area contributed by atoms with E-state index < -0.39 is 32.5 Å². The minimum atomic E-state index is -4.36. The van der Waals surface area contributed by atoms with E-state index in [-0.39, 0.29) is 32.6 Å². The summed E-state index contributed by atoms with van der Waals surface area (Å²) in [6.07, 6.45) is 28.2. The number of carbonyl (C=O) groups is 2. The Labute approximate surface area is 269 Å². The maximum Gasteiger partial charge on any atom is 0.472 e. The molecular weight excluding hydrogens is 581 g/mol. The van der Waals surface area contributed by atoms with Crippen LogP contribution in [0.4, 0.5) is 0 Å². The van der Waals surface area contributed by atoms with Crippen LogP contribution in [-0.2, 0) is 32.7 Å². The van der Waals surface area contributed by atoms with E-state index >= 15 is 0 Å². The van der Waals surface area contributed by atoms with Gasteiger partial charge in [-0.1, -0.05) is 122 Å². The monoisotopic (exact) mass is 647 g/mol. The van der Waals surface area contributed by atoms with Gasteiger partial charge in [0.25, 0.3) is 0 Å². The number of esters is 2. The second-order valence-electron chi connectivity index (χ2n) is 11.7. The smallest absolute Gasteiger partial charge is 0.462 e. The maximum absolute atomic E-state index is 12.4. The van der Waals surface area contributed by atoms with Crippen molar-refractivity contribution in [2.24, 2.45) is 5.73 Å². The zero-order valence-electron chi connectivity index (χ0n) is 28.2. The van der Waals surface area contributed by atoms with Gasteiger partial charge >= 0.3 is 19.8 Å². The second kappa shape index (κ2) is 31.7. The first-order valence-electron chi connectivity index (χ1n) is 17.7. The maximum atomic E-state index is 12.4. The highest BCUT2D eigenvalue weighted by atomic mass is 31.2. The topological polar surface area (TPSA) is 134 Å². The van der Waals surface area contributed by atoms with E-state index in [0.29, 0.717) is 6.42 Å². The Morgan fingerprint density at radius 3 is 1.61 bits per heavy atom. The van der Waals surface area contributed by atoms with E-state index in [1.54, 1.807) is 0 Å². The highest BCUT2D eigenvalue weighted by Crippen LogP contribution is 2.43. The van der Waals surface area contributed by atoms with Gasteiger partial charge in [0.05, 0.1) is 13.2 Å². The summed E-state index contributed by atoms with van der Waals surface area (Å²) in [6, 6.07) is 0. The highest BCUT2D eigenvalue weighted by molar-refractivity contribution is 7.47. The van der Waals surface area contributed by atoms with Crippen molar-refractivity contribution in [2.75, 3.05) is 26.4 Å². The number of ether oxygens (including phenoxy) is 2. The van der Waals surface area contributed by atoms with E-state index in [2.05, 4.69) is 26.0 Å². The van der Waals surface area contributed by atoms with Gasteiger partial charge in [-0.3, -0.25) is 18.6 Å². The first kappa shape index (κ1) is 42.8. The number of carbonyl (C=O) groups excluding carboxylic acids is 2. The minimum absolute atomic E-state index is 0.0545. The zero-order chi connectivity index (χ0) is 32.6. The molecule has 0 aliphatic heterocycles. The van der Waals surface area contributed by atoms with Crippen LogP contribution in [0, 0.1) is 0 Å². The van der Waals surface area contributed by atoms with Gasteiger partial charge in [-0.05, 0) is 38.5 Å². The molecule has 0 heterocycles. The molecule has 2 atom stereocenters. The number of hydrogen-bond acceptors (Lipinski definition) is 8. The second-order valence-corrected chi connectivity index (χ2v) is 13.2. The minimum Gasteiger partial charge on any atom is -0.462 e. The molecule has 0 amide bonds. The lowest BCUT2D eigenvalue weighted by Crippen LogP contribution is -2.29. The third-order valence-corrected chi connectivity index (χ3v) is 8.39. The number of rotatable bonds is 33. The molecule has 9 nitrogen and oxygen atoms in total. The summed E-state index contributed by atoms with van der Waals surface area (Å²) in [4.78, 5) is 34.5. The first-order chi connectivity index (χ1) is 21.3. The molecule has 0 aromatic carbocycles. The molecule has 0 saturated heterocycles. The van der Waals surface area contributed by atoms with Gasteiger partial charge in [0, 0.05) is 19.4 Å². The molecule has 260 valence electrons. The number of hydrogen-bond donors (Lipinski definition) is 2. The van der Waals surface area contributed by atoms with Crippen LogP contribution < -0.4 is 5.73 Å². The molecule has 1 unspecified atom stereocenters. The van der Waals surface area contributed by atoms with Gasteiger partial charge in [-0.2, -0.15) is 0 Å². The van der Waals surface area contributed by atoms with Crippen molar-refractivity contribution in [3.8, 4) is 0 Å². The summed E-state index contributed by atoms with van der Waals surface area (Å²) in [5.41, 5.74) is 5.31. The van der Waals surface area contributed by atoms with Crippen LogP contribution in [-0.4, -0.2) is 49.3 Å². The molecule has 0 aliphatic carbocycles. The Morgan fingerprint density at radius 1 is 0.659 bits per heavy atom. The van der Waals surface area contributed by atoms with E-state index in [0.717, 1.165) is 57.8 Å². The van der Waals surface area contributed by atoms with Crippen LogP contribution in [0.2, 0.25) is 0 Å². The Balaban J connectivity index is 4.21. The summed E-state index contributed by atoms with van der Waals surface area (Å²) in [5, 5.41) is 0. The van der Waals surface area contributed by atoms with Gasteiger partial charge in [-0.15, -0.1) is 0 Å². The van der Waals surface area contributed by atoms with Crippen LogP contribution in [0.3, 0.4) is 0 Å². The lowest BCUT2D eigenvalue weighted by atomic mass is 10.1. The van der Waals surface area contributed by atoms with E-state index in [4.69, 9.17) is 24.3 Å². The normalized spacial score (nSPS) is 13.6. The van der Waals surface area contributed by atoms with Gasteiger partial charge in [0.1, 0.15) is 6.61 Å². The molecule has 0 spiro atoms. The van der Waals surface area contributed by atoms with Crippen LogP contribution in [0.1, 0.15) is 162 Å². The Kier molecular flexibility index (Phi) is 30.8. The van der Waals surface area contributed by atoms with Crippen molar-refractivity contribution < 1.29 is 37.6 Å². The average Bonchev–Trinajstić information content (AvgIpc) is 3.00. The largest absolute Gasteiger partial charge is 0.472 e. The fourth-order valence-corrected chi connectivity index (χ4v) is 5.51. The van der Waals surface area contributed by atoms with Crippen molar-refractivity contribution in [2.45, 2.75) is 168 Å². The molecule has 0 saturated carbocycles. The van der Waals surface area contributed by atoms with Crippen molar-refractivity contribution in [3.05, 3.63) is 12.2 Å². The Bertz CT molecular complexity index is 749. The summed E-state index contributed by atoms with van der Waals surface area (Å²) < 4.78 is 32.5. The number of unbranched alkanes of at least 4 members (excludes halogenated alkanes) is 18. The van der Waals surface area contributed by atoms with Crippen molar-refractivity contribution in [1.82, 2.24) is 0 Å². The molecule has 0 aromatic heterocycles. The molecule has 10 heteroatoms. The van der Waals surface area contributed by atoms with E-state index in [1.807, 2.05) is 0 Å². The molecular formula is C34H66NO8P. The predicted octanol–water partition coefficient (Wildman–Crippen LogP) is 9.10. The average molecular weight is 648 g/mol. The zero-order valence-corrected chi connectivity index (χ0v) is 29.0. The standard InChI is InChI=1S/C34H66NO8P/c1-3-5-7-9-11-13-14-15-16-17-18-19-21-22-24-26-33(36)40-30-32(31-42-44(38,39)41-29-28-35)43-34(37)27-25-23-20-12-10-8-6-4-2/h15-16,32H,3-14,17-31,35H2,1-2H3,(H,38,39)/b16-15+/t32-/m0/s1. The fraction of sp³-hybridized carbons (Fsp3) is 0.882. The molecule has 3 N–H and O–H groups in total. The number of phosphoric ester groups is 1. The number of allylic oxidation sites excluding steroid dienone is 2. The SMILES string of the molecule is CCCCCCCC/C=C/CCCCCCCC(=O)OC[C@@H](COP(=O)(O)OCCN)OC(=O)CCCCCCCCCC. The van der Waals surface area contributed by atoms with Gasteiger partial charge in [-0.25, -0.2) is 4.57 Å². The summed E-state index contributed by atoms with van der Waals surface area (Å²) in [6.45, 7) is 3.67. The van der Waals surface area contributed by atoms with Crippen LogP contribution >= 0.6 is 7.82 Å². The van der Waals surface area contributed by atoms with Gasteiger partial charge in [0.15, 0.2) is 6.10 Å². The predicted molar refractivity (Wildman–Crippen MR) is 178 cm³/mol. The summed E-state index contributed by atoms with van der Waals surface area (Å²) in [7, 11) is -4.36. The third-order valence-electron chi connectivity index (χ3n) is 7.40. The molecule has 0 aromatic rings. The number of phosphoric acid groups is 1. The van der Waals surface area contributed by atoms with E-state index in [1.165, 1.54) is 70.6 Å². The van der Waals surface area contributed by atoms with Gasteiger partial charge < -0.3 is 20.1 Å². The van der Waals surface area contributed by atoms with Crippen LogP contribution in [0.5, 0.6) is 0 Å². The molecule has 0 rings (SSSR count). The van der Waals surface area contributed by atoms with Gasteiger partial charge in [0.2, 0.25) is 0 Å². The summed E-state index contributed by atoms with van der Waals surface area (Å²) in [5.74, 6) is -0.841. The lowest BCUT2D eigenvalue weighted by Gasteiger charge is -2.19. The van der Waals surface area contributed by atoms with E-state index in [9.17, 15) is 19.0 Å². The molecule has 44 heavy (non-hydrogen) atoms. The quantitative estimate of drug-likeness (QED) is 0.0309.